The Kier molecular flexibility index (Phi) is 7.43. The number of amides is 3. The van der Waals surface area contributed by atoms with Crippen LogP contribution in [0.5, 0.6) is 0 Å². The van der Waals surface area contributed by atoms with Gasteiger partial charge in [-0.05, 0) is 59.0 Å². The smallest absolute Gasteiger partial charge is 0.416 e. The summed E-state index contributed by atoms with van der Waals surface area (Å²) in [5.41, 5.74) is 2.28. The average molecular weight is 526 g/mol. The lowest BCUT2D eigenvalue weighted by Gasteiger charge is -2.28. The molecule has 1 aliphatic rings. The zero-order valence-corrected chi connectivity index (χ0v) is 20.7. The summed E-state index contributed by atoms with van der Waals surface area (Å²) in [5.74, 6) is -1.55. The van der Waals surface area contributed by atoms with Gasteiger partial charge in [0.25, 0.3) is 5.91 Å². The zero-order chi connectivity index (χ0) is 27.6. The Morgan fingerprint density at radius 3 is 2.26 bits per heavy atom. The van der Waals surface area contributed by atoms with Gasteiger partial charge in [0.2, 0.25) is 0 Å². The molecule has 1 aliphatic heterocycles. The number of carboxylic acids is 1. The predicted octanol–water partition coefficient (Wildman–Crippen LogP) is 6.47. The highest BCUT2D eigenvalue weighted by atomic mass is 19.4. The Labute approximate surface area is 217 Å². The van der Waals surface area contributed by atoms with Crippen LogP contribution in [0.25, 0.3) is 11.1 Å². The van der Waals surface area contributed by atoms with Gasteiger partial charge in [-0.15, -0.1) is 0 Å². The molecule has 4 rings (SSSR count). The number of halogens is 3. The minimum atomic E-state index is -4.52. The highest BCUT2D eigenvalue weighted by Crippen LogP contribution is 2.33. The van der Waals surface area contributed by atoms with Gasteiger partial charge in [-0.1, -0.05) is 50.6 Å². The van der Waals surface area contributed by atoms with E-state index >= 15 is 0 Å². The number of fused-ring (bicyclic) bond motifs is 1. The molecular formula is C28H26F3N3O4. The first-order valence-corrected chi connectivity index (χ1v) is 12.0. The number of hydrogen-bond donors (Lipinski definition) is 3. The van der Waals surface area contributed by atoms with Gasteiger partial charge in [0.15, 0.2) is 0 Å². The number of anilines is 2. The van der Waals surface area contributed by atoms with Crippen molar-refractivity contribution < 1.29 is 32.7 Å². The van der Waals surface area contributed by atoms with Crippen molar-refractivity contribution in [3.63, 3.8) is 0 Å². The maximum atomic E-state index is 13.1. The first kappa shape index (κ1) is 26.7. The van der Waals surface area contributed by atoms with Crippen LogP contribution in [0.1, 0.15) is 41.8 Å². The fraction of sp³-hybridized carbons (Fsp3) is 0.250. The van der Waals surface area contributed by atoms with Gasteiger partial charge < -0.3 is 20.6 Å². The van der Waals surface area contributed by atoms with Gasteiger partial charge in [0.05, 0.1) is 5.56 Å². The highest BCUT2D eigenvalue weighted by molar-refractivity contribution is 6.02. The van der Waals surface area contributed by atoms with Crippen molar-refractivity contribution in [1.29, 1.82) is 0 Å². The molecule has 0 radical (unpaired) electrons. The third-order valence-corrected chi connectivity index (χ3v) is 6.64. The molecule has 0 aromatic heterocycles. The van der Waals surface area contributed by atoms with Crippen molar-refractivity contribution in [2.75, 3.05) is 10.6 Å². The van der Waals surface area contributed by atoms with Gasteiger partial charge in [-0.3, -0.25) is 4.79 Å². The number of urea groups is 1. The number of nitrogens with one attached hydrogen (secondary N) is 2. The lowest BCUT2D eigenvalue weighted by molar-refractivity contribution is -0.144. The Morgan fingerprint density at radius 2 is 1.63 bits per heavy atom. The second-order valence-electron chi connectivity index (χ2n) is 9.21. The maximum Gasteiger partial charge on any atom is 0.416 e. The van der Waals surface area contributed by atoms with E-state index in [1.165, 1.54) is 17.0 Å². The molecule has 3 amide bonds. The summed E-state index contributed by atoms with van der Waals surface area (Å²) in [6, 6.07) is 14.8. The van der Waals surface area contributed by atoms with Crippen LogP contribution in [0.3, 0.4) is 0 Å². The second kappa shape index (κ2) is 10.6. The second-order valence-corrected chi connectivity index (χ2v) is 9.21. The van der Waals surface area contributed by atoms with E-state index in [-0.39, 0.29) is 24.1 Å². The van der Waals surface area contributed by atoms with E-state index in [4.69, 9.17) is 0 Å². The number of alkyl halides is 3. The van der Waals surface area contributed by atoms with Crippen molar-refractivity contribution in [1.82, 2.24) is 4.90 Å². The van der Waals surface area contributed by atoms with E-state index in [1.54, 1.807) is 30.3 Å². The van der Waals surface area contributed by atoms with Crippen molar-refractivity contribution in [3.8, 4) is 11.1 Å². The van der Waals surface area contributed by atoms with Crippen LogP contribution >= 0.6 is 0 Å². The zero-order valence-electron chi connectivity index (χ0n) is 20.7. The summed E-state index contributed by atoms with van der Waals surface area (Å²) >= 11 is 0. The molecule has 0 aliphatic carbocycles. The third-order valence-electron chi connectivity index (χ3n) is 6.64. The normalized spacial score (nSPS) is 14.6. The summed E-state index contributed by atoms with van der Waals surface area (Å²) < 4.78 is 38.7. The third kappa shape index (κ3) is 5.64. The Balaban J connectivity index is 1.45. The number of carbonyl (C=O) groups is 3. The van der Waals surface area contributed by atoms with Crippen LogP contribution in [-0.4, -0.2) is 34.0 Å². The lowest BCUT2D eigenvalue weighted by Crippen LogP contribution is -2.45. The van der Waals surface area contributed by atoms with Gasteiger partial charge in [-0.2, -0.15) is 13.2 Å². The van der Waals surface area contributed by atoms with Crippen LogP contribution in [0.15, 0.2) is 66.7 Å². The number of nitrogens with zero attached hydrogens (tertiary/aromatic N) is 1. The first-order chi connectivity index (χ1) is 18.0. The van der Waals surface area contributed by atoms with Gasteiger partial charge >= 0.3 is 18.2 Å². The molecule has 3 N–H and O–H groups in total. The topological polar surface area (TPSA) is 98.7 Å². The molecule has 0 spiro atoms. The quantitative estimate of drug-likeness (QED) is 0.329. The molecule has 0 saturated carbocycles. The van der Waals surface area contributed by atoms with E-state index in [9.17, 15) is 32.7 Å². The van der Waals surface area contributed by atoms with Crippen LogP contribution in [0.2, 0.25) is 0 Å². The predicted molar refractivity (Wildman–Crippen MR) is 137 cm³/mol. The summed E-state index contributed by atoms with van der Waals surface area (Å²) in [6.45, 7) is 3.94. The van der Waals surface area contributed by atoms with E-state index < -0.39 is 29.8 Å². The first-order valence-electron chi connectivity index (χ1n) is 12.0. The molecule has 10 heteroatoms. The van der Waals surface area contributed by atoms with Crippen molar-refractivity contribution >= 4 is 29.3 Å². The van der Waals surface area contributed by atoms with Gasteiger partial charge in [-0.25, -0.2) is 9.59 Å². The largest absolute Gasteiger partial charge is 0.480 e. The minimum absolute atomic E-state index is 0.00395. The Bertz CT molecular complexity index is 1370. The monoisotopic (exact) mass is 525 g/mol. The lowest BCUT2D eigenvalue weighted by atomic mass is 9.98. The van der Waals surface area contributed by atoms with E-state index in [1.807, 2.05) is 26.0 Å². The molecular weight excluding hydrogens is 499 g/mol. The van der Waals surface area contributed by atoms with Crippen LogP contribution in [0, 0.1) is 5.92 Å². The van der Waals surface area contributed by atoms with Crippen molar-refractivity contribution in [3.05, 3.63) is 83.4 Å². The Morgan fingerprint density at radius 1 is 0.974 bits per heavy atom. The molecule has 0 saturated heterocycles. The molecule has 7 nitrogen and oxygen atoms in total. The minimum Gasteiger partial charge on any atom is -0.480 e. The summed E-state index contributed by atoms with van der Waals surface area (Å²) in [5, 5.41) is 14.7. The van der Waals surface area contributed by atoms with E-state index in [2.05, 4.69) is 10.6 Å². The number of aliphatic carboxylic acids is 1. The van der Waals surface area contributed by atoms with Crippen LogP contribution < -0.4 is 10.6 Å². The number of hydrogen-bond acceptors (Lipinski definition) is 3. The molecule has 3 aromatic carbocycles. The van der Waals surface area contributed by atoms with Crippen molar-refractivity contribution in [2.45, 2.75) is 39.0 Å². The number of benzene rings is 3. The average Bonchev–Trinajstić information content (AvgIpc) is 3.19. The molecule has 198 valence electrons. The molecule has 1 heterocycles. The molecule has 38 heavy (non-hydrogen) atoms. The van der Waals surface area contributed by atoms with Gasteiger partial charge in [0.1, 0.15) is 6.04 Å². The van der Waals surface area contributed by atoms with E-state index in [0.29, 0.717) is 17.7 Å². The van der Waals surface area contributed by atoms with Crippen molar-refractivity contribution in [2.24, 2.45) is 5.92 Å². The SMILES string of the molecule is CCC(C)C(C(=O)O)N1Cc2ccc(-c3ccc(NC(=O)Nc4cccc(C(F)(F)F)c4)cc3)cc2C1=O. The standard InChI is InChI=1S/C28H26F3N3O4/c1-3-16(2)24(26(36)37)34-15-19-8-7-18(13-23(19)25(34)35)17-9-11-21(12-10-17)32-27(38)33-22-6-4-5-20(14-22)28(29,30)31/h4-14,16,24H,3,15H2,1-2H3,(H,36,37)(H2,32,33,38). The van der Waals surface area contributed by atoms with Crippen LogP contribution in [0.4, 0.5) is 29.3 Å². The van der Waals surface area contributed by atoms with E-state index in [0.717, 1.165) is 28.8 Å². The highest BCUT2D eigenvalue weighted by Gasteiger charge is 2.39. The number of rotatable bonds is 7. The maximum absolute atomic E-state index is 13.1. The van der Waals surface area contributed by atoms with Crippen LogP contribution in [-0.2, 0) is 17.5 Å². The van der Waals surface area contributed by atoms with Gasteiger partial charge in [0, 0.05) is 23.5 Å². The molecule has 3 aromatic rings. The Hall–Kier alpha value is -4.34. The number of carbonyl (C=O) groups excluding carboxylic acids is 2. The number of carboxylic acid groups (broad SMARTS) is 1. The fourth-order valence-electron chi connectivity index (χ4n) is 4.45. The molecule has 2 unspecified atom stereocenters. The summed E-state index contributed by atoms with van der Waals surface area (Å²) in [7, 11) is 0. The molecule has 2 atom stereocenters. The summed E-state index contributed by atoms with van der Waals surface area (Å²) in [6.07, 6.45) is -3.89. The summed E-state index contributed by atoms with van der Waals surface area (Å²) in [4.78, 5) is 38.6. The fourth-order valence-corrected chi connectivity index (χ4v) is 4.45. The molecule has 0 fully saturated rings. The molecule has 0 bridgehead atoms.